The molecule has 1 N–H and O–H groups in total. The average Bonchev–Trinajstić information content (AvgIpc) is 2.85. The molecule has 4 heteroatoms. The Bertz CT molecular complexity index is 396. The molecule has 0 aromatic carbocycles. The van der Waals surface area contributed by atoms with Crippen LogP contribution in [0.15, 0.2) is 0 Å². The van der Waals surface area contributed by atoms with Crippen molar-refractivity contribution >= 4 is 16.5 Å². The Kier molecular flexibility index (Phi) is 3.85. The molecule has 2 heterocycles. The van der Waals surface area contributed by atoms with Gasteiger partial charge >= 0.3 is 0 Å². The Morgan fingerprint density at radius 2 is 2.11 bits per heavy atom. The lowest BCUT2D eigenvalue weighted by atomic mass is 9.91. The highest BCUT2D eigenvalue weighted by molar-refractivity contribution is 7.15. The molecule has 18 heavy (non-hydrogen) atoms. The van der Waals surface area contributed by atoms with Gasteiger partial charge in [-0.25, -0.2) is 4.98 Å². The van der Waals surface area contributed by atoms with E-state index in [-0.39, 0.29) is 0 Å². The molecule has 1 fully saturated rings. The molecule has 1 atom stereocenters. The van der Waals surface area contributed by atoms with Crippen LogP contribution in [0.5, 0.6) is 0 Å². The van der Waals surface area contributed by atoms with Gasteiger partial charge in [0, 0.05) is 30.4 Å². The second-order valence-corrected chi connectivity index (χ2v) is 6.56. The molecule has 3 rings (SSSR count). The van der Waals surface area contributed by atoms with E-state index in [9.17, 15) is 0 Å². The Hall–Kier alpha value is -0.610. The van der Waals surface area contributed by atoms with Crippen molar-refractivity contribution in [3.05, 3.63) is 10.6 Å². The molecule has 1 aromatic rings. The molecule has 1 unspecified atom stereocenters. The maximum atomic E-state index is 4.98. The SMILES string of the molecule is CNCC1CCCc2sc(N3CCCCC3)nc21. The minimum absolute atomic E-state index is 0.647. The first kappa shape index (κ1) is 12.4. The summed E-state index contributed by atoms with van der Waals surface area (Å²) in [7, 11) is 2.05. The summed E-state index contributed by atoms with van der Waals surface area (Å²) in [5, 5.41) is 4.61. The highest BCUT2D eigenvalue weighted by Gasteiger charge is 2.26. The minimum Gasteiger partial charge on any atom is -0.348 e. The van der Waals surface area contributed by atoms with Gasteiger partial charge in [0.1, 0.15) is 0 Å². The number of nitrogens with zero attached hydrogens (tertiary/aromatic N) is 2. The molecule has 2 aliphatic rings. The number of likely N-dealkylation sites (N-methyl/N-ethyl adjacent to an activating group) is 1. The monoisotopic (exact) mass is 265 g/mol. The minimum atomic E-state index is 0.647. The highest BCUT2D eigenvalue weighted by Crippen LogP contribution is 2.38. The predicted octanol–water partition coefficient (Wildman–Crippen LogP) is 2.77. The van der Waals surface area contributed by atoms with Crippen molar-refractivity contribution in [3.8, 4) is 0 Å². The molecular formula is C14H23N3S. The van der Waals surface area contributed by atoms with E-state index < -0.39 is 0 Å². The lowest BCUT2D eigenvalue weighted by Gasteiger charge is -2.26. The second kappa shape index (κ2) is 5.57. The van der Waals surface area contributed by atoms with Crippen LogP contribution in [0.4, 0.5) is 5.13 Å². The van der Waals surface area contributed by atoms with Crippen LogP contribution >= 0.6 is 11.3 Å². The summed E-state index contributed by atoms with van der Waals surface area (Å²) in [5.74, 6) is 0.647. The maximum Gasteiger partial charge on any atom is 0.185 e. The molecule has 0 saturated carbocycles. The first-order valence-electron chi connectivity index (χ1n) is 7.27. The van der Waals surface area contributed by atoms with E-state index in [1.807, 2.05) is 18.4 Å². The van der Waals surface area contributed by atoms with Gasteiger partial charge in [0.2, 0.25) is 0 Å². The predicted molar refractivity (Wildman–Crippen MR) is 77.8 cm³/mol. The zero-order valence-corrected chi connectivity index (χ0v) is 12.1. The fourth-order valence-electron chi connectivity index (χ4n) is 3.16. The molecule has 1 aromatic heterocycles. The number of hydrogen-bond donors (Lipinski definition) is 1. The van der Waals surface area contributed by atoms with Crippen LogP contribution in [0.2, 0.25) is 0 Å². The van der Waals surface area contributed by atoms with Gasteiger partial charge in [0.15, 0.2) is 5.13 Å². The summed E-state index contributed by atoms with van der Waals surface area (Å²) in [6, 6.07) is 0. The third-order valence-corrected chi connectivity index (χ3v) is 5.33. The third kappa shape index (κ3) is 2.41. The quantitative estimate of drug-likeness (QED) is 0.911. The molecule has 100 valence electrons. The third-order valence-electron chi connectivity index (χ3n) is 4.14. The summed E-state index contributed by atoms with van der Waals surface area (Å²) in [4.78, 5) is 9.04. The van der Waals surface area contributed by atoms with Gasteiger partial charge in [-0.15, -0.1) is 11.3 Å². The van der Waals surface area contributed by atoms with Gasteiger partial charge in [0.05, 0.1) is 5.69 Å². The van der Waals surface area contributed by atoms with Crippen molar-refractivity contribution in [1.29, 1.82) is 0 Å². The molecule has 3 nitrogen and oxygen atoms in total. The number of aryl methyl sites for hydroxylation is 1. The number of nitrogens with one attached hydrogen (secondary N) is 1. The van der Waals surface area contributed by atoms with Crippen LogP contribution in [0, 0.1) is 0 Å². The van der Waals surface area contributed by atoms with E-state index in [1.54, 1.807) is 4.88 Å². The topological polar surface area (TPSA) is 28.2 Å². The van der Waals surface area contributed by atoms with Gasteiger partial charge in [-0.05, 0) is 45.6 Å². The second-order valence-electron chi connectivity index (χ2n) is 5.50. The number of piperidine rings is 1. The van der Waals surface area contributed by atoms with Gasteiger partial charge in [-0.1, -0.05) is 0 Å². The summed E-state index contributed by atoms with van der Waals surface area (Å²) < 4.78 is 0. The summed E-state index contributed by atoms with van der Waals surface area (Å²) >= 11 is 1.96. The summed E-state index contributed by atoms with van der Waals surface area (Å²) in [6.07, 6.45) is 7.96. The van der Waals surface area contributed by atoms with E-state index in [1.165, 1.54) is 62.4 Å². The fourth-order valence-corrected chi connectivity index (χ4v) is 4.40. The maximum absolute atomic E-state index is 4.98. The van der Waals surface area contributed by atoms with E-state index in [4.69, 9.17) is 4.98 Å². The van der Waals surface area contributed by atoms with Gasteiger partial charge < -0.3 is 10.2 Å². The zero-order valence-electron chi connectivity index (χ0n) is 11.2. The molecule has 0 radical (unpaired) electrons. The standard InChI is InChI=1S/C14H23N3S/c1-15-10-11-6-5-7-12-13(11)16-14(18-12)17-8-3-2-4-9-17/h11,15H,2-10H2,1H3. The molecule has 1 aliphatic carbocycles. The number of thiazole rings is 1. The van der Waals surface area contributed by atoms with Crippen molar-refractivity contribution in [2.75, 3.05) is 31.6 Å². The number of aromatic nitrogens is 1. The molecule has 1 aliphatic heterocycles. The van der Waals surface area contributed by atoms with E-state index in [0.717, 1.165) is 6.54 Å². The lowest BCUT2D eigenvalue weighted by molar-refractivity contribution is 0.521. The van der Waals surface area contributed by atoms with Crippen molar-refractivity contribution in [2.24, 2.45) is 0 Å². The molecular weight excluding hydrogens is 242 g/mol. The Morgan fingerprint density at radius 3 is 2.89 bits per heavy atom. The smallest absolute Gasteiger partial charge is 0.185 e. The molecule has 1 saturated heterocycles. The lowest BCUT2D eigenvalue weighted by Crippen LogP contribution is -2.29. The largest absolute Gasteiger partial charge is 0.348 e. The molecule has 0 bridgehead atoms. The zero-order chi connectivity index (χ0) is 12.4. The van der Waals surface area contributed by atoms with E-state index >= 15 is 0 Å². The number of fused-ring (bicyclic) bond motifs is 1. The van der Waals surface area contributed by atoms with E-state index in [2.05, 4.69) is 10.2 Å². The summed E-state index contributed by atoms with van der Waals surface area (Å²) in [5.41, 5.74) is 1.40. The Balaban J connectivity index is 1.81. The van der Waals surface area contributed by atoms with Crippen molar-refractivity contribution < 1.29 is 0 Å². The highest BCUT2D eigenvalue weighted by atomic mass is 32.1. The number of anilines is 1. The van der Waals surface area contributed by atoms with Crippen molar-refractivity contribution in [3.63, 3.8) is 0 Å². The Labute approximate surface area is 114 Å². The van der Waals surface area contributed by atoms with Crippen LogP contribution in [0.25, 0.3) is 0 Å². The first-order chi connectivity index (χ1) is 8.88. The van der Waals surface area contributed by atoms with Gasteiger partial charge in [-0.2, -0.15) is 0 Å². The normalized spacial score (nSPS) is 24.1. The fraction of sp³-hybridized carbons (Fsp3) is 0.786. The summed E-state index contributed by atoms with van der Waals surface area (Å²) in [6.45, 7) is 3.50. The van der Waals surface area contributed by atoms with Gasteiger partial charge in [-0.3, -0.25) is 0 Å². The molecule has 0 spiro atoms. The number of hydrogen-bond acceptors (Lipinski definition) is 4. The molecule has 0 amide bonds. The van der Waals surface area contributed by atoms with Gasteiger partial charge in [0.25, 0.3) is 0 Å². The van der Waals surface area contributed by atoms with Crippen molar-refractivity contribution in [1.82, 2.24) is 10.3 Å². The van der Waals surface area contributed by atoms with E-state index in [0.29, 0.717) is 5.92 Å². The number of rotatable bonds is 3. The van der Waals surface area contributed by atoms with Crippen molar-refractivity contribution in [2.45, 2.75) is 44.4 Å². The van der Waals surface area contributed by atoms with Crippen LogP contribution in [-0.4, -0.2) is 31.7 Å². The van der Waals surface area contributed by atoms with Crippen LogP contribution in [-0.2, 0) is 6.42 Å². The Morgan fingerprint density at radius 1 is 1.28 bits per heavy atom. The average molecular weight is 265 g/mol. The first-order valence-corrected chi connectivity index (χ1v) is 8.09. The van der Waals surface area contributed by atoms with Crippen LogP contribution < -0.4 is 10.2 Å². The van der Waals surface area contributed by atoms with Crippen LogP contribution in [0.1, 0.15) is 48.6 Å². The van der Waals surface area contributed by atoms with Crippen LogP contribution in [0.3, 0.4) is 0 Å².